The molecule has 0 aromatic heterocycles. The molecule has 0 unspecified atom stereocenters. The van der Waals surface area contributed by atoms with Gasteiger partial charge in [0.2, 0.25) is 0 Å². The lowest BCUT2D eigenvalue weighted by Crippen LogP contribution is -2.16. The Morgan fingerprint density at radius 2 is 1.86 bits per heavy atom. The van der Waals surface area contributed by atoms with Crippen molar-refractivity contribution in [1.82, 2.24) is 0 Å². The molecule has 0 amide bonds. The molecule has 0 saturated heterocycles. The lowest BCUT2D eigenvalue weighted by Gasteiger charge is -2.15. The van der Waals surface area contributed by atoms with Gasteiger partial charge in [0.05, 0.1) is 6.54 Å². The Morgan fingerprint density at radius 3 is 2.57 bits per heavy atom. The summed E-state index contributed by atoms with van der Waals surface area (Å²) >= 11 is 5.97. The molecule has 0 aliphatic rings. The molecular weight excluding hydrogens is 282 g/mol. The highest BCUT2D eigenvalue weighted by Gasteiger charge is 1.98. The molecule has 0 heterocycles. The van der Waals surface area contributed by atoms with Crippen molar-refractivity contribution in [2.75, 3.05) is 25.1 Å². The second-order valence-corrected chi connectivity index (χ2v) is 5.15. The predicted molar refractivity (Wildman–Crippen MR) is 89.2 cm³/mol. The van der Waals surface area contributed by atoms with Gasteiger partial charge in [-0.25, -0.2) is 0 Å². The Labute approximate surface area is 131 Å². The largest absolute Gasteiger partial charge is 0.481 e. The van der Waals surface area contributed by atoms with Gasteiger partial charge in [-0.1, -0.05) is 41.6 Å². The maximum Gasteiger partial charge on any atom is 0.149 e. The molecule has 0 radical (unpaired) electrons. The quantitative estimate of drug-likeness (QED) is 0.786. The lowest BCUT2D eigenvalue weighted by molar-refractivity contribution is 0.370. The first kappa shape index (κ1) is 15.3. The van der Waals surface area contributed by atoms with E-state index in [0.29, 0.717) is 13.2 Å². The molecule has 3 heteroatoms. The Bertz CT molecular complexity index is 643. The van der Waals surface area contributed by atoms with Gasteiger partial charge in [0.15, 0.2) is 0 Å². The summed E-state index contributed by atoms with van der Waals surface area (Å²) in [7, 11) is 2.02. The van der Waals surface area contributed by atoms with Crippen LogP contribution in [-0.2, 0) is 0 Å². The lowest BCUT2D eigenvalue weighted by atomic mass is 10.2. The van der Waals surface area contributed by atoms with Crippen LogP contribution in [-0.4, -0.2) is 20.2 Å². The van der Waals surface area contributed by atoms with E-state index in [1.165, 1.54) is 0 Å². The fourth-order valence-corrected chi connectivity index (χ4v) is 1.94. The molecule has 0 fully saturated rings. The third-order valence-corrected chi connectivity index (χ3v) is 3.50. The van der Waals surface area contributed by atoms with Gasteiger partial charge in [-0.3, -0.25) is 0 Å². The number of hydrogen-bond acceptors (Lipinski definition) is 2. The summed E-state index contributed by atoms with van der Waals surface area (Å²) in [5, 5.41) is 0.748. The highest BCUT2D eigenvalue weighted by molar-refractivity contribution is 6.31. The number of anilines is 1. The Morgan fingerprint density at radius 1 is 1.10 bits per heavy atom. The Hall–Kier alpha value is -2.11. The Balaban J connectivity index is 1.80. The van der Waals surface area contributed by atoms with Crippen molar-refractivity contribution in [3.63, 3.8) is 0 Å². The van der Waals surface area contributed by atoms with Crippen LogP contribution < -0.4 is 9.64 Å². The predicted octanol–water partition coefficient (Wildman–Crippen LogP) is 4.17. The third kappa shape index (κ3) is 4.73. The van der Waals surface area contributed by atoms with Gasteiger partial charge in [-0.05, 0) is 42.8 Å². The minimum absolute atomic E-state index is 0.379. The summed E-state index contributed by atoms with van der Waals surface area (Å²) < 4.78 is 5.58. The van der Waals surface area contributed by atoms with Crippen molar-refractivity contribution < 1.29 is 4.74 Å². The van der Waals surface area contributed by atoms with Gasteiger partial charge in [0.1, 0.15) is 12.4 Å². The zero-order valence-corrected chi connectivity index (χ0v) is 13.0. The summed E-state index contributed by atoms with van der Waals surface area (Å²) in [5.41, 5.74) is 2.16. The van der Waals surface area contributed by atoms with E-state index in [4.69, 9.17) is 16.3 Å². The average Bonchev–Trinajstić information content (AvgIpc) is 2.51. The first-order valence-electron chi connectivity index (χ1n) is 6.77. The number of hydrogen-bond donors (Lipinski definition) is 0. The second kappa shape index (κ2) is 7.61. The maximum atomic E-state index is 5.97. The SMILES string of the molecule is Cc1cc(OCC#CCN(C)c2ccccc2)ccc1Cl. The van der Waals surface area contributed by atoms with Gasteiger partial charge < -0.3 is 9.64 Å². The first-order valence-corrected chi connectivity index (χ1v) is 7.15. The van der Waals surface area contributed by atoms with Crippen LogP contribution >= 0.6 is 11.6 Å². The molecule has 0 N–H and O–H groups in total. The summed E-state index contributed by atoms with van der Waals surface area (Å²) in [4.78, 5) is 2.10. The van der Waals surface area contributed by atoms with E-state index in [-0.39, 0.29) is 0 Å². The van der Waals surface area contributed by atoms with E-state index < -0.39 is 0 Å². The van der Waals surface area contributed by atoms with Crippen molar-refractivity contribution in [2.24, 2.45) is 0 Å². The van der Waals surface area contributed by atoms with Crippen molar-refractivity contribution in [3.8, 4) is 17.6 Å². The number of aryl methyl sites for hydroxylation is 1. The Kier molecular flexibility index (Phi) is 5.54. The maximum absolute atomic E-state index is 5.97. The van der Waals surface area contributed by atoms with Crippen molar-refractivity contribution in [2.45, 2.75) is 6.92 Å². The van der Waals surface area contributed by atoms with Crippen molar-refractivity contribution in [1.29, 1.82) is 0 Å². The molecular formula is C18H18ClNO. The molecule has 2 rings (SSSR count). The van der Waals surface area contributed by atoms with Crippen LogP contribution in [0.4, 0.5) is 5.69 Å². The van der Waals surface area contributed by atoms with Crippen LogP contribution in [0.1, 0.15) is 5.56 Å². The fraction of sp³-hybridized carbons (Fsp3) is 0.222. The van der Waals surface area contributed by atoms with Crippen LogP contribution in [0.2, 0.25) is 5.02 Å². The smallest absolute Gasteiger partial charge is 0.149 e. The van der Waals surface area contributed by atoms with E-state index in [1.54, 1.807) is 0 Å². The summed E-state index contributed by atoms with van der Waals surface area (Å²) in [6.07, 6.45) is 0. The molecule has 0 spiro atoms. The van der Waals surface area contributed by atoms with Gasteiger partial charge in [-0.15, -0.1) is 0 Å². The fourth-order valence-electron chi connectivity index (χ4n) is 1.83. The van der Waals surface area contributed by atoms with Crippen LogP contribution in [0.5, 0.6) is 5.75 Å². The zero-order chi connectivity index (χ0) is 15.1. The van der Waals surface area contributed by atoms with E-state index >= 15 is 0 Å². The molecule has 2 aromatic carbocycles. The van der Waals surface area contributed by atoms with Crippen molar-refractivity contribution >= 4 is 17.3 Å². The van der Waals surface area contributed by atoms with Gasteiger partial charge >= 0.3 is 0 Å². The highest BCUT2D eigenvalue weighted by Crippen LogP contribution is 2.20. The number of ether oxygens (including phenoxy) is 1. The minimum Gasteiger partial charge on any atom is -0.481 e. The molecule has 0 bridgehead atoms. The number of benzene rings is 2. The minimum atomic E-state index is 0.379. The van der Waals surface area contributed by atoms with Gasteiger partial charge in [0, 0.05) is 17.8 Å². The number of para-hydroxylation sites is 1. The average molecular weight is 300 g/mol. The topological polar surface area (TPSA) is 12.5 Å². The molecule has 0 atom stereocenters. The van der Waals surface area contributed by atoms with E-state index in [9.17, 15) is 0 Å². The standard InChI is InChI=1S/C18H18ClNO/c1-15-14-17(10-11-18(15)19)21-13-7-6-12-20(2)16-8-4-3-5-9-16/h3-5,8-11,14H,12-13H2,1-2H3. The van der Waals surface area contributed by atoms with Crippen LogP contribution in [0.25, 0.3) is 0 Å². The van der Waals surface area contributed by atoms with Crippen LogP contribution in [0, 0.1) is 18.8 Å². The summed E-state index contributed by atoms with van der Waals surface area (Å²) in [6.45, 7) is 3.01. The van der Waals surface area contributed by atoms with Gasteiger partial charge in [0.25, 0.3) is 0 Å². The molecule has 2 nitrogen and oxygen atoms in total. The molecule has 2 aromatic rings. The molecule has 0 saturated carbocycles. The van der Waals surface area contributed by atoms with Crippen molar-refractivity contribution in [3.05, 3.63) is 59.1 Å². The van der Waals surface area contributed by atoms with E-state index in [0.717, 1.165) is 22.0 Å². The molecule has 0 aliphatic heterocycles. The zero-order valence-electron chi connectivity index (χ0n) is 12.3. The molecule has 0 aliphatic carbocycles. The first-order chi connectivity index (χ1) is 10.2. The number of rotatable bonds is 4. The van der Waals surface area contributed by atoms with Crippen LogP contribution in [0.3, 0.4) is 0 Å². The monoisotopic (exact) mass is 299 g/mol. The third-order valence-electron chi connectivity index (χ3n) is 3.08. The van der Waals surface area contributed by atoms with Gasteiger partial charge in [-0.2, -0.15) is 0 Å². The highest BCUT2D eigenvalue weighted by atomic mass is 35.5. The summed E-state index contributed by atoms with van der Waals surface area (Å²) in [5.74, 6) is 6.92. The van der Waals surface area contributed by atoms with E-state index in [1.807, 2.05) is 50.4 Å². The number of halogens is 1. The summed E-state index contributed by atoms with van der Waals surface area (Å²) in [6, 6.07) is 15.8. The normalized spacial score (nSPS) is 9.67. The molecule has 108 valence electrons. The molecule has 21 heavy (non-hydrogen) atoms. The van der Waals surface area contributed by atoms with E-state index in [2.05, 4.69) is 28.9 Å². The number of nitrogens with zero attached hydrogens (tertiary/aromatic N) is 1. The van der Waals surface area contributed by atoms with Crippen LogP contribution in [0.15, 0.2) is 48.5 Å². The second-order valence-electron chi connectivity index (χ2n) is 4.74.